The summed E-state index contributed by atoms with van der Waals surface area (Å²) >= 11 is 5.98. The predicted octanol–water partition coefficient (Wildman–Crippen LogP) is 5.49. The maximum atomic E-state index is 12.1. The van der Waals surface area contributed by atoms with Crippen molar-refractivity contribution < 1.29 is 9.53 Å². The van der Waals surface area contributed by atoms with E-state index in [-0.39, 0.29) is 12.5 Å². The van der Waals surface area contributed by atoms with Crippen LogP contribution in [0.25, 0.3) is 0 Å². The zero-order valence-corrected chi connectivity index (χ0v) is 15.1. The van der Waals surface area contributed by atoms with Gasteiger partial charge in [-0.05, 0) is 61.0 Å². The lowest BCUT2D eigenvalue weighted by Crippen LogP contribution is -2.22. The molecule has 0 saturated heterocycles. The average molecular weight is 367 g/mol. The Morgan fingerprint density at radius 1 is 0.962 bits per heavy atom. The van der Waals surface area contributed by atoms with E-state index in [0.717, 1.165) is 17.0 Å². The summed E-state index contributed by atoms with van der Waals surface area (Å²) in [7, 11) is 0. The van der Waals surface area contributed by atoms with Gasteiger partial charge in [0.25, 0.3) is 0 Å². The number of anilines is 2. The molecular formula is C21H19ClN2O2. The molecule has 1 amide bonds. The van der Waals surface area contributed by atoms with Crippen LogP contribution < -0.4 is 15.4 Å². The summed E-state index contributed by atoms with van der Waals surface area (Å²) in [6.07, 6.45) is 0. The molecule has 0 spiro atoms. The lowest BCUT2D eigenvalue weighted by atomic mass is 10.2. The molecule has 0 radical (unpaired) electrons. The van der Waals surface area contributed by atoms with Crippen LogP contribution in [0.2, 0.25) is 5.02 Å². The van der Waals surface area contributed by atoms with Crippen molar-refractivity contribution in [3.05, 3.63) is 83.4 Å². The maximum Gasteiger partial charge on any atom is 0.243 e. The monoisotopic (exact) mass is 366 g/mol. The summed E-state index contributed by atoms with van der Waals surface area (Å²) in [4.78, 5) is 12.1. The summed E-state index contributed by atoms with van der Waals surface area (Å²) < 4.78 is 5.73. The number of hydrogen-bond donors (Lipinski definition) is 2. The first-order valence-corrected chi connectivity index (χ1v) is 8.61. The number of aryl methyl sites for hydroxylation is 1. The van der Waals surface area contributed by atoms with E-state index in [9.17, 15) is 4.79 Å². The highest BCUT2D eigenvalue weighted by atomic mass is 35.5. The van der Waals surface area contributed by atoms with E-state index in [2.05, 4.69) is 10.6 Å². The summed E-state index contributed by atoms with van der Waals surface area (Å²) in [6.45, 7) is 2.12. The number of carbonyl (C=O) groups is 1. The number of carbonyl (C=O) groups excluding carboxylic acids is 1. The second kappa shape index (κ2) is 8.41. The smallest absolute Gasteiger partial charge is 0.243 e. The molecule has 0 aliphatic rings. The van der Waals surface area contributed by atoms with Crippen LogP contribution in [-0.2, 0) is 4.79 Å². The third-order valence-corrected chi connectivity index (χ3v) is 3.99. The highest BCUT2D eigenvalue weighted by Crippen LogP contribution is 2.23. The van der Waals surface area contributed by atoms with Crippen LogP contribution in [-0.4, -0.2) is 12.5 Å². The van der Waals surface area contributed by atoms with Gasteiger partial charge in [-0.1, -0.05) is 35.9 Å². The molecule has 0 unspecified atom stereocenters. The average Bonchev–Trinajstić information content (AvgIpc) is 2.65. The quantitative estimate of drug-likeness (QED) is 0.606. The minimum Gasteiger partial charge on any atom is -0.457 e. The Kier molecular flexibility index (Phi) is 5.77. The highest BCUT2D eigenvalue weighted by Gasteiger charge is 2.05. The first-order valence-electron chi connectivity index (χ1n) is 8.23. The van der Waals surface area contributed by atoms with Crippen LogP contribution in [0.3, 0.4) is 0 Å². The first kappa shape index (κ1) is 17.8. The lowest BCUT2D eigenvalue weighted by Gasteiger charge is -2.11. The third-order valence-electron chi connectivity index (χ3n) is 3.76. The van der Waals surface area contributed by atoms with E-state index >= 15 is 0 Å². The van der Waals surface area contributed by atoms with Crippen molar-refractivity contribution in [3.63, 3.8) is 0 Å². The topological polar surface area (TPSA) is 50.4 Å². The third kappa shape index (κ3) is 5.01. The molecule has 0 aromatic heterocycles. The molecule has 132 valence electrons. The maximum absolute atomic E-state index is 12.1. The molecule has 4 nitrogen and oxygen atoms in total. The predicted molar refractivity (Wildman–Crippen MR) is 106 cm³/mol. The van der Waals surface area contributed by atoms with Crippen LogP contribution in [0.1, 0.15) is 5.56 Å². The minimum absolute atomic E-state index is 0.138. The molecule has 0 heterocycles. The largest absolute Gasteiger partial charge is 0.457 e. The molecule has 0 fully saturated rings. The van der Waals surface area contributed by atoms with E-state index in [4.69, 9.17) is 16.3 Å². The van der Waals surface area contributed by atoms with Gasteiger partial charge in [0.05, 0.1) is 6.54 Å². The summed E-state index contributed by atoms with van der Waals surface area (Å²) in [6, 6.07) is 22.3. The first-order chi connectivity index (χ1) is 12.6. The van der Waals surface area contributed by atoms with Gasteiger partial charge in [0.15, 0.2) is 0 Å². The molecular weight excluding hydrogens is 348 g/mol. The summed E-state index contributed by atoms with van der Waals surface area (Å²) in [5, 5.41) is 6.58. The van der Waals surface area contributed by atoms with Gasteiger partial charge in [0.2, 0.25) is 5.91 Å². The number of hydrogen-bond acceptors (Lipinski definition) is 3. The van der Waals surface area contributed by atoms with Crippen molar-refractivity contribution in [2.45, 2.75) is 6.92 Å². The molecule has 3 aromatic rings. The number of amides is 1. The molecule has 0 aliphatic heterocycles. The number of benzene rings is 3. The second-order valence-corrected chi connectivity index (χ2v) is 6.24. The zero-order valence-electron chi connectivity index (χ0n) is 14.3. The van der Waals surface area contributed by atoms with Gasteiger partial charge in [-0.3, -0.25) is 4.79 Å². The Morgan fingerprint density at radius 2 is 1.65 bits per heavy atom. The molecule has 0 aliphatic carbocycles. The zero-order chi connectivity index (χ0) is 18.4. The van der Waals surface area contributed by atoms with Crippen LogP contribution in [0.4, 0.5) is 11.4 Å². The van der Waals surface area contributed by atoms with Crippen molar-refractivity contribution in [1.29, 1.82) is 0 Å². The molecule has 26 heavy (non-hydrogen) atoms. The Labute approximate surface area is 157 Å². The van der Waals surface area contributed by atoms with Crippen LogP contribution in [0, 0.1) is 6.92 Å². The number of nitrogens with one attached hydrogen (secondary N) is 2. The molecule has 2 N–H and O–H groups in total. The fourth-order valence-electron chi connectivity index (χ4n) is 2.40. The number of rotatable bonds is 6. The van der Waals surface area contributed by atoms with Crippen molar-refractivity contribution in [1.82, 2.24) is 0 Å². The van der Waals surface area contributed by atoms with Gasteiger partial charge in [-0.2, -0.15) is 0 Å². The minimum atomic E-state index is -0.138. The van der Waals surface area contributed by atoms with E-state index in [1.807, 2.05) is 61.5 Å². The lowest BCUT2D eigenvalue weighted by molar-refractivity contribution is -0.114. The van der Waals surface area contributed by atoms with E-state index in [1.54, 1.807) is 18.2 Å². The van der Waals surface area contributed by atoms with Crippen molar-refractivity contribution in [2.24, 2.45) is 0 Å². The number of para-hydroxylation sites is 1. The Morgan fingerprint density at radius 3 is 2.38 bits per heavy atom. The normalized spacial score (nSPS) is 10.2. The molecule has 3 rings (SSSR count). The van der Waals surface area contributed by atoms with Gasteiger partial charge in [-0.15, -0.1) is 0 Å². The van der Waals surface area contributed by atoms with Crippen LogP contribution in [0.15, 0.2) is 72.8 Å². The highest BCUT2D eigenvalue weighted by molar-refractivity contribution is 6.30. The van der Waals surface area contributed by atoms with E-state index < -0.39 is 0 Å². The SMILES string of the molecule is Cc1ccc(Cl)cc1NCC(=O)Nc1ccc(Oc2ccccc2)cc1. The molecule has 5 heteroatoms. The van der Waals surface area contributed by atoms with Gasteiger partial charge >= 0.3 is 0 Å². The van der Waals surface area contributed by atoms with Crippen molar-refractivity contribution >= 4 is 28.9 Å². The van der Waals surface area contributed by atoms with Crippen LogP contribution >= 0.6 is 11.6 Å². The summed E-state index contributed by atoms with van der Waals surface area (Å²) in [5.74, 6) is 1.34. The summed E-state index contributed by atoms with van der Waals surface area (Å²) in [5.41, 5.74) is 2.59. The fraction of sp³-hybridized carbons (Fsp3) is 0.0952. The second-order valence-electron chi connectivity index (χ2n) is 5.80. The van der Waals surface area contributed by atoms with Crippen LogP contribution in [0.5, 0.6) is 11.5 Å². The molecule has 0 bridgehead atoms. The molecule has 3 aromatic carbocycles. The fourth-order valence-corrected chi connectivity index (χ4v) is 2.57. The van der Waals surface area contributed by atoms with Gasteiger partial charge in [0, 0.05) is 16.4 Å². The standard InChI is InChI=1S/C21H19ClN2O2/c1-15-7-8-16(22)13-20(15)23-14-21(25)24-17-9-11-19(12-10-17)26-18-5-3-2-4-6-18/h2-13,23H,14H2,1H3,(H,24,25). The van der Waals surface area contributed by atoms with E-state index in [0.29, 0.717) is 16.5 Å². The van der Waals surface area contributed by atoms with Gasteiger partial charge in [0.1, 0.15) is 11.5 Å². The van der Waals surface area contributed by atoms with Crippen molar-refractivity contribution in [2.75, 3.05) is 17.2 Å². The van der Waals surface area contributed by atoms with Gasteiger partial charge < -0.3 is 15.4 Å². The van der Waals surface area contributed by atoms with Gasteiger partial charge in [-0.25, -0.2) is 0 Å². The van der Waals surface area contributed by atoms with E-state index in [1.165, 1.54) is 0 Å². The van der Waals surface area contributed by atoms with Crippen molar-refractivity contribution in [3.8, 4) is 11.5 Å². The Hall–Kier alpha value is -2.98. The number of ether oxygens (including phenoxy) is 1. The Bertz CT molecular complexity index is 880. The molecule has 0 atom stereocenters. The number of halogens is 1. The Balaban J connectivity index is 1.53. The molecule has 0 saturated carbocycles.